The van der Waals surface area contributed by atoms with Gasteiger partial charge < -0.3 is 5.32 Å². The van der Waals surface area contributed by atoms with Crippen LogP contribution in [-0.4, -0.2) is 21.4 Å². The van der Waals surface area contributed by atoms with Crippen LogP contribution < -0.4 is 10.2 Å². The molecule has 0 aliphatic rings. The monoisotopic (exact) mass is 542 g/mol. The van der Waals surface area contributed by atoms with E-state index in [2.05, 4.69) is 14.9 Å². The van der Waals surface area contributed by atoms with Crippen molar-refractivity contribution >= 4 is 52.2 Å². The van der Waals surface area contributed by atoms with E-state index in [4.69, 9.17) is 23.2 Å². The molecule has 4 aromatic rings. The molecule has 1 heterocycles. The van der Waals surface area contributed by atoms with Crippen molar-refractivity contribution in [3.8, 4) is 0 Å². The molecular formula is C26H21Cl2FN4O2S. The van der Waals surface area contributed by atoms with Gasteiger partial charge in [-0.2, -0.15) is 0 Å². The fraction of sp³-hybridized carbons (Fsp3) is 0.154. The molecule has 0 unspecified atom stereocenters. The van der Waals surface area contributed by atoms with Gasteiger partial charge >= 0.3 is 0 Å². The van der Waals surface area contributed by atoms with E-state index in [1.807, 2.05) is 19.1 Å². The summed E-state index contributed by atoms with van der Waals surface area (Å²) in [6, 6.07) is 17.0. The van der Waals surface area contributed by atoms with Crippen molar-refractivity contribution in [2.75, 3.05) is 4.90 Å². The zero-order valence-corrected chi connectivity index (χ0v) is 21.4. The van der Waals surface area contributed by atoms with Crippen LogP contribution in [-0.2, 0) is 17.8 Å². The van der Waals surface area contributed by atoms with E-state index >= 15 is 0 Å². The average Bonchev–Trinajstić information content (AvgIpc) is 3.44. The highest BCUT2D eigenvalue weighted by molar-refractivity contribution is 7.03. The van der Waals surface area contributed by atoms with Gasteiger partial charge in [-0.3, -0.25) is 14.5 Å². The Morgan fingerprint density at radius 1 is 1.03 bits per heavy atom. The molecule has 3 aromatic carbocycles. The fourth-order valence-corrected chi connectivity index (χ4v) is 4.48. The first kappa shape index (κ1) is 25.8. The quantitative estimate of drug-likeness (QED) is 0.285. The second-order valence-corrected chi connectivity index (χ2v) is 9.28. The number of anilines is 1. The minimum Gasteiger partial charge on any atom is -0.350 e. The lowest BCUT2D eigenvalue weighted by molar-refractivity contribution is -0.122. The first-order valence-electron chi connectivity index (χ1n) is 11.0. The lowest BCUT2D eigenvalue weighted by Crippen LogP contribution is -2.44. The predicted octanol–water partition coefficient (Wildman–Crippen LogP) is 6.25. The number of aryl methyl sites for hydroxylation is 1. The van der Waals surface area contributed by atoms with E-state index in [1.165, 1.54) is 22.4 Å². The molecule has 0 saturated heterocycles. The summed E-state index contributed by atoms with van der Waals surface area (Å²) in [5.74, 6) is -1.39. The van der Waals surface area contributed by atoms with Gasteiger partial charge in [0, 0.05) is 11.9 Å². The zero-order chi connectivity index (χ0) is 25.7. The van der Waals surface area contributed by atoms with E-state index in [0.717, 1.165) is 23.5 Å². The van der Waals surface area contributed by atoms with Crippen LogP contribution in [0.2, 0.25) is 10.0 Å². The van der Waals surface area contributed by atoms with Crippen LogP contribution in [0.5, 0.6) is 0 Å². The Balaban J connectivity index is 1.80. The summed E-state index contributed by atoms with van der Waals surface area (Å²) in [6.07, 6.45) is 0.814. The van der Waals surface area contributed by atoms with E-state index in [-0.39, 0.29) is 33.8 Å². The maximum Gasteiger partial charge on any atom is 0.280 e. The highest BCUT2D eigenvalue weighted by Gasteiger charge is 2.35. The molecule has 0 aliphatic heterocycles. The molecule has 0 fully saturated rings. The topological polar surface area (TPSA) is 75.2 Å². The molecule has 6 nitrogen and oxygen atoms in total. The normalized spacial score (nSPS) is 11.7. The van der Waals surface area contributed by atoms with Crippen molar-refractivity contribution in [2.45, 2.75) is 25.9 Å². The van der Waals surface area contributed by atoms with E-state index < -0.39 is 17.9 Å². The molecular weight excluding hydrogens is 522 g/mol. The Hall–Kier alpha value is -3.33. The number of nitrogens with zero attached hydrogens (tertiary/aromatic N) is 3. The molecule has 36 heavy (non-hydrogen) atoms. The minimum atomic E-state index is -1.11. The van der Waals surface area contributed by atoms with Crippen LogP contribution in [0.1, 0.15) is 40.1 Å². The molecule has 1 aromatic heterocycles. The van der Waals surface area contributed by atoms with Crippen molar-refractivity contribution in [3.63, 3.8) is 0 Å². The number of carbonyl (C=O) groups excluding carboxylic acids is 2. The van der Waals surface area contributed by atoms with Gasteiger partial charge in [-0.25, -0.2) is 4.39 Å². The molecule has 0 spiro atoms. The number of amides is 2. The third kappa shape index (κ3) is 5.73. The Kier molecular flexibility index (Phi) is 8.30. The van der Waals surface area contributed by atoms with Gasteiger partial charge in [-0.15, -0.1) is 5.10 Å². The first-order chi connectivity index (χ1) is 17.4. The summed E-state index contributed by atoms with van der Waals surface area (Å²) in [5.41, 5.74) is 2.66. The smallest absolute Gasteiger partial charge is 0.280 e. The number of aromatic nitrogens is 2. The largest absolute Gasteiger partial charge is 0.350 e. The lowest BCUT2D eigenvalue weighted by atomic mass is 10.00. The maximum atomic E-state index is 13.7. The van der Waals surface area contributed by atoms with Gasteiger partial charge in [0.15, 0.2) is 5.69 Å². The summed E-state index contributed by atoms with van der Waals surface area (Å²) in [6.45, 7) is 2.16. The van der Waals surface area contributed by atoms with Crippen LogP contribution >= 0.6 is 34.7 Å². The number of halogens is 3. The van der Waals surface area contributed by atoms with Crippen molar-refractivity contribution in [1.82, 2.24) is 14.9 Å². The van der Waals surface area contributed by atoms with Crippen LogP contribution in [0.25, 0.3) is 0 Å². The van der Waals surface area contributed by atoms with Crippen molar-refractivity contribution in [3.05, 3.63) is 110 Å². The Labute approximate surface area is 221 Å². The number of benzene rings is 3. The maximum absolute atomic E-state index is 13.7. The molecule has 184 valence electrons. The molecule has 1 atom stereocenters. The molecule has 10 heteroatoms. The van der Waals surface area contributed by atoms with Gasteiger partial charge in [-0.1, -0.05) is 77.1 Å². The first-order valence-corrected chi connectivity index (χ1v) is 12.6. The number of hydrogen-bond donors (Lipinski definition) is 1. The molecule has 4 rings (SSSR count). The summed E-state index contributed by atoms with van der Waals surface area (Å²) < 4.78 is 17.1. The Morgan fingerprint density at radius 3 is 2.36 bits per heavy atom. The van der Waals surface area contributed by atoms with Crippen LogP contribution in [0.15, 0.2) is 72.1 Å². The highest BCUT2D eigenvalue weighted by atomic mass is 35.5. The predicted molar refractivity (Wildman–Crippen MR) is 140 cm³/mol. The summed E-state index contributed by atoms with van der Waals surface area (Å²) in [4.78, 5) is 28.7. The van der Waals surface area contributed by atoms with E-state index in [0.29, 0.717) is 11.1 Å². The average molecular weight is 543 g/mol. The van der Waals surface area contributed by atoms with Crippen molar-refractivity contribution < 1.29 is 14.0 Å². The van der Waals surface area contributed by atoms with Crippen LogP contribution in [0.3, 0.4) is 0 Å². The third-order valence-electron chi connectivity index (χ3n) is 5.58. The Morgan fingerprint density at radius 2 is 1.72 bits per heavy atom. The van der Waals surface area contributed by atoms with E-state index in [9.17, 15) is 14.0 Å². The SMILES string of the molecule is CCc1ccc([C@@H](C(=O)NCc2ccc(F)cc2)N(C(=O)c2csnn2)c2cccc(Cl)c2Cl)cc1. The van der Waals surface area contributed by atoms with Crippen molar-refractivity contribution in [2.24, 2.45) is 0 Å². The Bertz CT molecular complexity index is 1350. The zero-order valence-electron chi connectivity index (χ0n) is 19.1. The molecule has 0 bridgehead atoms. The summed E-state index contributed by atoms with van der Waals surface area (Å²) in [7, 11) is 0. The van der Waals surface area contributed by atoms with Gasteiger partial charge in [0.25, 0.3) is 5.91 Å². The van der Waals surface area contributed by atoms with Gasteiger partial charge in [-0.05, 0) is 58.9 Å². The lowest BCUT2D eigenvalue weighted by Gasteiger charge is -2.32. The number of nitrogens with one attached hydrogen (secondary N) is 1. The van der Waals surface area contributed by atoms with Gasteiger partial charge in [0.2, 0.25) is 5.91 Å². The molecule has 0 radical (unpaired) electrons. The fourth-order valence-electron chi connectivity index (χ4n) is 3.67. The number of carbonyl (C=O) groups is 2. The molecule has 1 N–H and O–H groups in total. The van der Waals surface area contributed by atoms with Crippen LogP contribution in [0.4, 0.5) is 10.1 Å². The molecule has 2 amide bonds. The molecule has 0 saturated carbocycles. The second-order valence-electron chi connectivity index (χ2n) is 7.88. The molecule has 0 aliphatic carbocycles. The second kappa shape index (κ2) is 11.6. The number of hydrogen-bond acceptors (Lipinski definition) is 5. The minimum absolute atomic E-state index is 0.0672. The van der Waals surface area contributed by atoms with Gasteiger partial charge in [0.1, 0.15) is 11.9 Å². The van der Waals surface area contributed by atoms with Crippen molar-refractivity contribution in [1.29, 1.82) is 0 Å². The number of rotatable bonds is 8. The standard InChI is InChI=1S/C26H21Cl2FN4O2S/c1-2-16-6-10-18(11-7-16)24(25(34)30-14-17-8-12-19(29)13-9-17)33(26(35)21-15-36-32-31-21)22-5-3-4-20(27)23(22)28/h3-13,15,24H,2,14H2,1H3,(H,30,34)/t24-/m0/s1. The van der Waals surface area contributed by atoms with Crippen LogP contribution in [0, 0.1) is 5.82 Å². The highest BCUT2D eigenvalue weighted by Crippen LogP contribution is 2.38. The third-order valence-corrected chi connectivity index (χ3v) is 6.89. The summed E-state index contributed by atoms with van der Waals surface area (Å²) in [5, 5.41) is 8.63. The van der Waals surface area contributed by atoms with E-state index in [1.54, 1.807) is 42.5 Å². The summed E-state index contributed by atoms with van der Waals surface area (Å²) >= 11 is 13.8. The van der Waals surface area contributed by atoms with Gasteiger partial charge in [0.05, 0.1) is 15.7 Å².